The van der Waals surface area contributed by atoms with Gasteiger partial charge in [0.25, 0.3) is 0 Å². The molecule has 0 atom stereocenters. The summed E-state index contributed by atoms with van der Waals surface area (Å²) in [6, 6.07) is 8.01. The summed E-state index contributed by atoms with van der Waals surface area (Å²) in [5.74, 6) is 0.863. The van der Waals surface area contributed by atoms with Crippen LogP contribution < -0.4 is 4.74 Å². The number of hydrogen-bond donors (Lipinski definition) is 0. The molecule has 2 nitrogen and oxygen atoms in total. The maximum atomic E-state index is 5.17. The number of ether oxygens (including phenoxy) is 1. The number of benzene rings is 1. The zero-order chi connectivity index (χ0) is 13.1. The van der Waals surface area contributed by atoms with E-state index >= 15 is 0 Å². The van der Waals surface area contributed by atoms with Crippen molar-refractivity contribution in [2.45, 2.75) is 6.92 Å². The van der Waals surface area contributed by atoms with E-state index in [-0.39, 0.29) is 32.7 Å². The van der Waals surface area contributed by atoms with Crippen molar-refractivity contribution in [1.29, 1.82) is 0 Å². The fourth-order valence-electron chi connectivity index (χ4n) is 1.89. The summed E-state index contributed by atoms with van der Waals surface area (Å²) in [5, 5.41) is 0. The number of halogens is 1. The average Bonchev–Trinajstić information content (AvgIpc) is 2.42. The molecule has 0 amide bonds. The Bertz CT molecular complexity index is 519. The quantitative estimate of drug-likeness (QED) is 0.520. The van der Waals surface area contributed by atoms with Gasteiger partial charge in [-0.2, -0.15) is 12.2 Å². The molecule has 0 bridgehead atoms. The average molecular weight is 441 g/mol. The smallest absolute Gasteiger partial charge is 0.116 e. The second kappa shape index (κ2) is 7.60. The molecule has 1 aromatic rings. The molecule has 0 N–H and O–H groups in total. The molecular weight excluding hydrogens is 426 g/mol. The first-order valence-electron chi connectivity index (χ1n) is 5.77. The number of hydrogen-bond acceptors (Lipinski definition) is 2. The van der Waals surface area contributed by atoms with Gasteiger partial charge >= 0.3 is 0 Å². The summed E-state index contributed by atoms with van der Waals surface area (Å²) >= 11 is 2.29. The molecule has 1 aliphatic rings. The normalized spacial score (nSPS) is 14.5. The van der Waals surface area contributed by atoms with Crippen LogP contribution in [0.1, 0.15) is 12.5 Å². The maximum absolute atomic E-state index is 5.17. The molecular formula is C15H15INOY-. The Morgan fingerprint density at radius 3 is 2.47 bits per heavy atom. The van der Waals surface area contributed by atoms with Gasteiger partial charge < -0.3 is 9.64 Å². The fraction of sp³-hybridized carbons (Fsp3) is 0.200. The van der Waals surface area contributed by atoms with Crippen molar-refractivity contribution in [3.63, 3.8) is 0 Å². The van der Waals surface area contributed by atoms with Gasteiger partial charge in [-0.15, -0.1) is 34.7 Å². The van der Waals surface area contributed by atoms with Gasteiger partial charge in [-0.3, -0.25) is 0 Å². The van der Waals surface area contributed by atoms with Crippen LogP contribution in [0.3, 0.4) is 0 Å². The van der Waals surface area contributed by atoms with Gasteiger partial charge in [-0.1, -0.05) is 21.4 Å². The van der Waals surface area contributed by atoms with E-state index in [9.17, 15) is 0 Å². The van der Waals surface area contributed by atoms with Gasteiger partial charge in [0, 0.05) is 39.3 Å². The molecule has 1 aliphatic heterocycles. The summed E-state index contributed by atoms with van der Waals surface area (Å²) < 4.78 is 6.31. The van der Waals surface area contributed by atoms with E-state index in [1.54, 1.807) is 7.11 Å². The minimum Gasteiger partial charge on any atom is -0.497 e. The molecule has 1 aromatic carbocycles. The van der Waals surface area contributed by atoms with E-state index in [1.807, 2.05) is 30.3 Å². The van der Waals surface area contributed by atoms with E-state index in [1.165, 1.54) is 0 Å². The first kappa shape index (κ1) is 16.9. The monoisotopic (exact) mass is 441 g/mol. The first-order chi connectivity index (χ1) is 8.67. The van der Waals surface area contributed by atoms with Gasteiger partial charge in [0.15, 0.2) is 0 Å². The third kappa shape index (κ3) is 3.70. The van der Waals surface area contributed by atoms with Crippen molar-refractivity contribution in [3.8, 4) is 5.75 Å². The van der Waals surface area contributed by atoms with Crippen LogP contribution in [0.15, 0.2) is 46.2 Å². The zero-order valence-corrected chi connectivity index (χ0v) is 16.1. The Morgan fingerprint density at radius 1 is 1.32 bits per heavy atom. The molecule has 0 spiro atoms. The molecule has 0 aliphatic carbocycles. The zero-order valence-electron chi connectivity index (χ0n) is 11.1. The summed E-state index contributed by atoms with van der Waals surface area (Å²) in [6.45, 7) is 7.12. The van der Waals surface area contributed by atoms with Crippen molar-refractivity contribution in [1.82, 2.24) is 4.90 Å². The molecule has 4 heteroatoms. The molecule has 0 saturated heterocycles. The van der Waals surface area contributed by atoms with E-state index in [4.69, 9.17) is 4.74 Å². The van der Waals surface area contributed by atoms with Crippen LogP contribution in [-0.2, 0) is 32.7 Å². The molecule has 0 aromatic heterocycles. The second-order valence-electron chi connectivity index (χ2n) is 3.90. The Hall–Kier alpha value is -0.126. The standard InChI is InChI=1S/C15H15INO.Y/c1-4-17-11(2)14(16)9-10-15(17)12-5-7-13(18-3)8-6-12;/h5-9H,2,4H2,1,3H3;/q-1;. The Labute approximate surface area is 153 Å². The molecule has 1 radical (unpaired) electrons. The number of likely N-dealkylation sites (N-methyl/N-ethyl adjacent to an activating group) is 1. The van der Waals surface area contributed by atoms with E-state index in [2.05, 4.69) is 47.1 Å². The SMILES string of the molecule is C=C1C(I)=C[C-]=C(c2ccc(OC)cc2)N1CC.[Y]. The predicted octanol–water partition coefficient (Wildman–Crippen LogP) is 4.00. The summed E-state index contributed by atoms with van der Waals surface area (Å²) in [7, 11) is 1.67. The van der Waals surface area contributed by atoms with Crippen LogP contribution in [0, 0.1) is 6.08 Å². The molecule has 0 unspecified atom stereocenters. The summed E-state index contributed by atoms with van der Waals surface area (Å²) in [6.07, 6.45) is 5.31. The molecule has 97 valence electrons. The second-order valence-corrected chi connectivity index (χ2v) is 5.07. The number of allylic oxidation sites excluding steroid dienone is 3. The minimum atomic E-state index is 0. The van der Waals surface area contributed by atoms with Crippen LogP contribution in [0.5, 0.6) is 5.75 Å². The van der Waals surface area contributed by atoms with Crippen molar-refractivity contribution in [3.05, 3.63) is 57.8 Å². The number of methoxy groups -OCH3 is 1. The van der Waals surface area contributed by atoms with E-state index in [0.29, 0.717) is 0 Å². The molecule has 0 fully saturated rings. The third-order valence-corrected chi connectivity index (χ3v) is 3.82. The fourth-order valence-corrected chi connectivity index (χ4v) is 2.34. The van der Waals surface area contributed by atoms with Crippen LogP contribution in [-0.4, -0.2) is 18.6 Å². The van der Waals surface area contributed by atoms with Crippen LogP contribution in [0.2, 0.25) is 0 Å². The van der Waals surface area contributed by atoms with Gasteiger partial charge in [-0.05, 0) is 24.8 Å². The van der Waals surface area contributed by atoms with Crippen LogP contribution >= 0.6 is 22.6 Å². The van der Waals surface area contributed by atoms with Crippen LogP contribution in [0.25, 0.3) is 5.70 Å². The van der Waals surface area contributed by atoms with Crippen molar-refractivity contribution in [2.75, 3.05) is 13.7 Å². The maximum Gasteiger partial charge on any atom is 0.116 e. The van der Waals surface area contributed by atoms with E-state index < -0.39 is 0 Å². The predicted molar refractivity (Wildman–Crippen MR) is 83.3 cm³/mol. The number of nitrogens with zero attached hydrogens (tertiary/aromatic N) is 1. The van der Waals surface area contributed by atoms with Gasteiger partial charge in [0.05, 0.1) is 7.11 Å². The minimum absolute atomic E-state index is 0. The topological polar surface area (TPSA) is 12.5 Å². The van der Waals surface area contributed by atoms with Gasteiger partial charge in [-0.25, -0.2) is 0 Å². The molecule has 19 heavy (non-hydrogen) atoms. The Balaban J connectivity index is 0.00000180. The number of rotatable bonds is 3. The van der Waals surface area contributed by atoms with Gasteiger partial charge in [0.2, 0.25) is 0 Å². The largest absolute Gasteiger partial charge is 0.497 e. The molecule has 0 saturated carbocycles. The van der Waals surface area contributed by atoms with E-state index in [0.717, 1.165) is 32.8 Å². The Kier molecular flexibility index (Phi) is 6.77. The van der Waals surface area contributed by atoms with Crippen molar-refractivity contribution < 1.29 is 37.4 Å². The Morgan fingerprint density at radius 2 is 1.95 bits per heavy atom. The van der Waals surface area contributed by atoms with Crippen molar-refractivity contribution >= 4 is 28.3 Å². The van der Waals surface area contributed by atoms with Crippen LogP contribution in [0.4, 0.5) is 0 Å². The molecule has 2 rings (SSSR count). The van der Waals surface area contributed by atoms with Gasteiger partial charge in [0.1, 0.15) is 5.75 Å². The van der Waals surface area contributed by atoms with Crippen molar-refractivity contribution in [2.24, 2.45) is 0 Å². The third-order valence-electron chi connectivity index (χ3n) is 2.89. The molecule has 1 heterocycles. The first-order valence-corrected chi connectivity index (χ1v) is 6.85. The summed E-state index contributed by atoms with van der Waals surface area (Å²) in [5.41, 5.74) is 3.21. The summed E-state index contributed by atoms with van der Waals surface area (Å²) in [4.78, 5) is 2.17.